The number of para-hydroxylation sites is 1. The van der Waals surface area contributed by atoms with Crippen LogP contribution in [0.1, 0.15) is 11.3 Å². The second-order valence-corrected chi connectivity index (χ2v) is 5.39. The Kier molecular flexibility index (Phi) is 5.20. The van der Waals surface area contributed by atoms with Gasteiger partial charge in [-0.1, -0.05) is 54.6 Å². The molecule has 0 bridgehead atoms. The van der Waals surface area contributed by atoms with E-state index in [2.05, 4.69) is 10.3 Å². The molecule has 1 heterocycles. The van der Waals surface area contributed by atoms with Gasteiger partial charge in [-0.3, -0.25) is 9.88 Å². The molecule has 4 nitrogen and oxygen atoms in total. The van der Waals surface area contributed by atoms with E-state index in [1.807, 2.05) is 78.9 Å². The van der Waals surface area contributed by atoms with Crippen LogP contribution >= 0.6 is 0 Å². The van der Waals surface area contributed by atoms with E-state index in [4.69, 9.17) is 0 Å². The topological polar surface area (TPSA) is 45.2 Å². The predicted octanol–water partition coefficient (Wildman–Crippen LogP) is 4.00. The van der Waals surface area contributed by atoms with Crippen molar-refractivity contribution in [1.29, 1.82) is 0 Å². The van der Waals surface area contributed by atoms with Crippen molar-refractivity contribution in [2.75, 3.05) is 4.90 Å². The number of urea groups is 1. The van der Waals surface area contributed by atoms with Crippen molar-refractivity contribution in [2.24, 2.45) is 0 Å². The Bertz CT molecular complexity index is 761. The molecule has 3 rings (SSSR count). The number of nitrogens with zero attached hydrogens (tertiary/aromatic N) is 2. The maximum atomic E-state index is 12.7. The molecule has 120 valence electrons. The Morgan fingerprint density at radius 2 is 1.54 bits per heavy atom. The molecule has 0 saturated carbocycles. The zero-order chi connectivity index (χ0) is 16.6. The van der Waals surface area contributed by atoms with Crippen molar-refractivity contribution in [2.45, 2.75) is 13.1 Å². The second kappa shape index (κ2) is 7.92. The van der Waals surface area contributed by atoms with E-state index in [-0.39, 0.29) is 6.03 Å². The molecular weight excluding hydrogens is 298 g/mol. The van der Waals surface area contributed by atoms with Gasteiger partial charge in [0.05, 0.1) is 18.8 Å². The predicted molar refractivity (Wildman–Crippen MR) is 95.5 cm³/mol. The van der Waals surface area contributed by atoms with Crippen molar-refractivity contribution < 1.29 is 4.79 Å². The lowest BCUT2D eigenvalue weighted by Crippen LogP contribution is -2.39. The number of pyridine rings is 1. The molecule has 2 amide bonds. The van der Waals surface area contributed by atoms with Crippen LogP contribution in [0.3, 0.4) is 0 Å². The maximum Gasteiger partial charge on any atom is 0.322 e. The van der Waals surface area contributed by atoms with Crippen LogP contribution in [-0.2, 0) is 13.1 Å². The zero-order valence-electron chi connectivity index (χ0n) is 13.3. The van der Waals surface area contributed by atoms with Gasteiger partial charge in [0.2, 0.25) is 0 Å². The van der Waals surface area contributed by atoms with Crippen molar-refractivity contribution in [3.05, 3.63) is 96.3 Å². The highest BCUT2D eigenvalue weighted by Gasteiger charge is 2.15. The first kappa shape index (κ1) is 15.7. The molecule has 0 radical (unpaired) electrons. The van der Waals surface area contributed by atoms with Crippen LogP contribution in [0.15, 0.2) is 85.1 Å². The summed E-state index contributed by atoms with van der Waals surface area (Å²) >= 11 is 0. The molecular formula is C20H19N3O. The lowest BCUT2D eigenvalue weighted by molar-refractivity contribution is 0.245. The Morgan fingerprint density at radius 1 is 0.875 bits per heavy atom. The zero-order valence-corrected chi connectivity index (χ0v) is 13.3. The summed E-state index contributed by atoms with van der Waals surface area (Å²) in [6.07, 6.45) is 1.72. The third kappa shape index (κ3) is 4.20. The fourth-order valence-electron chi connectivity index (χ4n) is 2.42. The first-order valence-electron chi connectivity index (χ1n) is 7.87. The van der Waals surface area contributed by atoms with E-state index in [1.54, 1.807) is 11.1 Å². The molecule has 3 aromatic rings. The third-order valence-electron chi connectivity index (χ3n) is 3.64. The standard InChI is InChI=1S/C20H19N3O/c24-20(22-15-18-11-7-8-14-21-18)23(19-12-5-2-6-13-19)16-17-9-3-1-4-10-17/h1-14H,15-16H2,(H,22,24). The highest BCUT2D eigenvalue weighted by molar-refractivity contribution is 5.91. The molecule has 0 atom stereocenters. The quantitative estimate of drug-likeness (QED) is 0.773. The van der Waals surface area contributed by atoms with Crippen LogP contribution in [0.5, 0.6) is 0 Å². The average molecular weight is 317 g/mol. The van der Waals surface area contributed by atoms with Gasteiger partial charge in [-0.15, -0.1) is 0 Å². The van der Waals surface area contributed by atoms with E-state index < -0.39 is 0 Å². The highest BCUT2D eigenvalue weighted by atomic mass is 16.2. The van der Waals surface area contributed by atoms with Crippen molar-refractivity contribution in [3.8, 4) is 0 Å². The molecule has 24 heavy (non-hydrogen) atoms. The number of hydrogen-bond donors (Lipinski definition) is 1. The molecule has 0 spiro atoms. The summed E-state index contributed by atoms with van der Waals surface area (Å²) in [5.74, 6) is 0. The number of aromatic nitrogens is 1. The molecule has 0 fully saturated rings. The number of nitrogens with one attached hydrogen (secondary N) is 1. The summed E-state index contributed by atoms with van der Waals surface area (Å²) in [6, 6.07) is 25.1. The first-order valence-corrected chi connectivity index (χ1v) is 7.87. The monoisotopic (exact) mass is 317 g/mol. The third-order valence-corrected chi connectivity index (χ3v) is 3.64. The van der Waals surface area contributed by atoms with Gasteiger partial charge >= 0.3 is 6.03 Å². The van der Waals surface area contributed by atoms with E-state index >= 15 is 0 Å². The van der Waals surface area contributed by atoms with Gasteiger partial charge in [0.15, 0.2) is 0 Å². The van der Waals surface area contributed by atoms with Crippen LogP contribution in [-0.4, -0.2) is 11.0 Å². The van der Waals surface area contributed by atoms with Crippen LogP contribution in [0.2, 0.25) is 0 Å². The van der Waals surface area contributed by atoms with Crippen LogP contribution in [0.25, 0.3) is 0 Å². The van der Waals surface area contributed by atoms with E-state index in [9.17, 15) is 4.79 Å². The molecule has 0 aliphatic carbocycles. The fourth-order valence-corrected chi connectivity index (χ4v) is 2.42. The minimum atomic E-state index is -0.143. The second-order valence-electron chi connectivity index (χ2n) is 5.39. The number of rotatable bonds is 5. The lowest BCUT2D eigenvalue weighted by atomic mass is 10.2. The number of carbonyl (C=O) groups excluding carboxylic acids is 1. The number of hydrogen-bond acceptors (Lipinski definition) is 2. The van der Waals surface area contributed by atoms with Gasteiger partial charge in [-0.05, 0) is 29.8 Å². The minimum absolute atomic E-state index is 0.143. The minimum Gasteiger partial charge on any atom is -0.332 e. The molecule has 0 aliphatic heterocycles. The summed E-state index contributed by atoms with van der Waals surface area (Å²) in [5, 5.41) is 2.94. The molecule has 0 aliphatic rings. The summed E-state index contributed by atoms with van der Waals surface area (Å²) < 4.78 is 0. The Balaban J connectivity index is 1.75. The van der Waals surface area contributed by atoms with Crippen molar-refractivity contribution >= 4 is 11.7 Å². The molecule has 1 aromatic heterocycles. The van der Waals surface area contributed by atoms with Gasteiger partial charge < -0.3 is 5.32 Å². The number of benzene rings is 2. The molecule has 1 N–H and O–H groups in total. The number of amides is 2. The van der Waals surface area contributed by atoms with Gasteiger partial charge in [-0.2, -0.15) is 0 Å². The molecule has 0 saturated heterocycles. The van der Waals surface area contributed by atoms with E-state index in [0.29, 0.717) is 13.1 Å². The molecule has 4 heteroatoms. The highest BCUT2D eigenvalue weighted by Crippen LogP contribution is 2.17. The first-order chi connectivity index (χ1) is 11.8. The van der Waals surface area contributed by atoms with Crippen molar-refractivity contribution in [1.82, 2.24) is 10.3 Å². The normalized spacial score (nSPS) is 10.2. The lowest BCUT2D eigenvalue weighted by Gasteiger charge is -2.23. The van der Waals surface area contributed by atoms with Crippen LogP contribution in [0, 0.1) is 0 Å². The Labute approximate surface area is 141 Å². The largest absolute Gasteiger partial charge is 0.332 e. The summed E-state index contributed by atoms with van der Waals surface area (Å²) in [5.41, 5.74) is 2.77. The smallest absolute Gasteiger partial charge is 0.322 e. The maximum absolute atomic E-state index is 12.7. The fraction of sp³-hybridized carbons (Fsp3) is 0.100. The Morgan fingerprint density at radius 3 is 2.21 bits per heavy atom. The summed E-state index contributed by atoms with van der Waals surface area (Å²) in [7, 11) is 0. The Hall–Kier alpha value is -3.14. The van der Waals surface area contributed by atoms with Gasteiger partial charge in [-0.25, -0.2) is 4.79 Å². The van der Waals surface area contributed by atoms with Crippen molar-refractivity contribution in [3.63, 3.8) is 0 Å². The number of anilines is 1. The van der Waals surface area contributed by atoms with E-state index in [1.165, 1.54) is 0 Å². The van der Waals surface area contributed by atoms with Crippen LogP contribution < -0.4 is 10.2 Å². The SMILES string of the molecule is O=C(NCc1ccccn1)N(Cc1ccccc1)c1ccccc1. The summed E-state index contributed by atoms with van der Waals surface area (Å²) in [4.78, 5) is 18.7. The van der Waals surface area contributed by atoms with E-state index in [0.717, 1.165) is 16.9 Å². The molecule has 0 unspecified atom stereocenters. The van der Waals surface area contributed by atoms with Gasteiger partial charge in [0.25, 0.3) is 0 Å². The van der Waals surface area contributed by atoms with Crippen LogP contribution in [0.4, 0.5) is 10.5 Å². The van der Waals surface area contributed by atoms with Gasteiger partial charge in [0.1, 0.15) is 0 Å². The number of carbonyl (C=O) groups is 1. The summed E-state index contributed by atoms with van der Waals surface area (Å²) in [6.45, 7) is 0.913. The van der Waals surface area contributed by atoms with Gasteiger partial charge in [0, 0.05) is 11.9 Å². The average Bonchev–Trinajstić information content (AvgIpc) is 2.66. The molecule has 2 aromatic carbocycles.